The minimum absolute atomic E-state index is 0.213. The Kier molecular flexibility index (Phi) is 1.72. The Morgan fingerprint density at radius 1 is 1.67 bits per heavy atom. The molecule has 0 aliphatic rings. The van der Waals surface area contributed by atoms with Crippen LogP contribution in [0.1, 0.15) is 13.8 Å². The highest BCUT2D eigenvalue weighted by Gasteiger charge is 1.94. The molecule has 0 radical (unpaired) electrons. The van der Waals surface area contributed by atoms with Crippen molar-refractivity contribution in [3.05, 3.63) is 12.3 Å². The molecule has 3 heteroatoms. The lowest BCUT2D eigenvalue weighted by Gasteiger charge is -2.04. The van der Waals surface area contributed by atoms with Crippen LogP contribution in [0.25, 0.3) is 0 Å². The van der Waals surface area contributed by atoms with E-state index in [0.29, 0.717) is 0 Å². The van der Waals surface area contributed by atoms with Gasteiger partial charge in [-0.25, -0.2) is 5.10 Å². The number of H-pyrrole nitrogens is 1. The Labute approximate surface area is 54.0 Å². The number of hydrogen-bond acceptors (Lipinski definition) is 2. The van der Waals surface area contributed by atoms with Crippen LogP contribution in [-0.2, 0) is 0 Å². The normalized spacial score (nSPS) is 10.1. The molecule has 1 N–H and O–H groups in total. The van der Waals surface area contributed by atoms with Crippen molar-refractivity contribution in [1.29, 1.82) is 0 Å². The van der Waals surface area contributed by atoms with Gasteiger partial charge >= 0.3 is 0 Å². The molecule has 0 saturated carbocycles. The smallest absolute Gasteiger partial charge is 0.209 e. The van der Waals surface area contributed by atoms with Gasteiger partial charge in [-0.3, -0.25) is 0 Å². The van der Waals surface area contributed by atoms with Crippen LogP contribution >= 0.6 is 0 Å². The van der Waals surface area contributed by atoms with E-state index in [4.69, 9.17) is 4.74 Å². The molecule has 0 unspecified atom stereocenters. The highest BCUT2D eigenvalue weighted by Crippen LogP contribution is 2.03. The van der Waals surface area contributed by atoms with Crippen molar-refractivity contribution >= 4 is 0 Å². The molecule has 1 aromatic rings. The maximum absolute atomic E-state index is 5.24. The zero-order valence-corrected chi connectivity index (χ0v) is 5.59. The molecule has 1 aromatic heterocycles. The van der Waals surface area contributed by atoms with E-state index in [1.54, 1.807) is 12.3 Å². The van der Waals surface area contributed by atoms with Gasteiger partial charge in [0.2, 0.25) is 5.88 Å². The zero-order valence-electron chi connectivity index (χ0n) is 5.59. The van der Waals surface area contributed by atoms with E-state index in [0.717, 1.165) is 5.88 Å². The molecular weight excluding hydrogens is 116 g/mol. The van der Waals surface area contributed by atoms with Crippen LogP contribution in [0, 0.1) is 0 Å². The van der Waals surface area contributed by atoms with Gasteiger partial charge in [0.25, 0.3) is 0 Å². The first-order valence-electron chi connectivity index (χ1n) is 2.95. The second-order valence-corrected chi connectivity index (χ2v) is 2.09. The van der Waals surface area contributed by atoms with E-state index in [1.165, 1.54) is 0 Å². The Hall–Kier alpha value is -0.990. The maximum Gasteiger partial charge on any atom is 0.209 e. The summed E-state index contributed by atoms with van der Waals surface area (Å²) in [5, 5.41) is 6.42. The fourth-order valence-corrected chi connectivity index (χ4v) is 0.563. The summed E-state index contributed by atoms with van der Waals surface area (Å²) in [6.45, 7) is 3.95. The summed E-state index contributed by atoms with van der Waals surface area (Å²) >= 11 is 0. The van der Waals surface area contributed by atoms with Crippen LogP contribution in [0.2, 0.25) is 0 Å². The molecule has 1 rings (SSSR count). The Balaban J connectivity index is 2.48. The average Bonchev–Trinajstić information content (AvgIpc) is 2.15. The van der Waals surface area contributed by atoms with Gasteiger partial charge in [-0.2, -0.15) is 5.10 Å². The van der Waals surface area contributed by atoms with Gasteiger partial charge in [0, 0.05) is 6.07 Å². The summed E-state index contributed by atoms with van der Waals surface area (Å²) in [6, 6.07) is 1.79. The fraction of sp³-hybridized carbons (Fsp3) is 0.500. The van der Waals surface area contributed by atoms with Crippen molar-refractivity contribution in [2.45, 2.75) is 20.0 Å². The van der Waals surface area contributed by atoms with Crippen LogP contribution in [-0.4, -0.2) is 16.3 Å². The summed E-state index contributed by atoms with van der Waals surface area (Å²) < 4.78 is 5.24. The van der Waals surface area contributed by atoms with Crippen molar-refractivity contribution < 1.29 is 4.74 Å². The molecule has 0 amide bonds. The highest BCUT2D eigenvalue weighted by atomic mass is 16.5. The first-order chi connectivity index (χ1) is 4.29. The Bertz CT molecular complexity index is 158. The van der Waals surface area contributed by atoms with Gasteiger partial charge in [-0.1, -0.05) is 0 Å². The van der Waals surface area contributed by atoms with Crippen molar-refractivity contribution in [2.24, 2.45) is 0 Å². The number of aromatic nitrogens is 2. The Morgan fingerprint density at radius 2 is 2.44 bits per heavy atom. The summed E-state index contributed by atoms with van der Waals surface area (Å²) in [4.78, 5) is 0. The molecule has 0 saturated heterocycles. The first-order valence-corrected chi connectivity index (χ1v) is 2.95. The topological polar surface area (TPSA) is 37.9 Å². The van der Waals surface area contributed by atoms with Crippen molar-refractivity contribution in [3.63, 3.8) is 0 Å². The lowest BCUT2D eigenvalue weighted by molar-refractivity contribution is 0.232. The summed E-state index contributed by atoms with van der Waals surface area (Å²) in [6.07, 6.45) is 1.88. The Morgan fingerprint density at radius 3 is 2.89 bits per heavy atom. The average molecular weight is 126 g/mol. The van der Waals surface area contributed by atoms with Crippen LogP contribution < -0.4 is 4.74 Å². The fourth-order valence-electron chi connectivity index (χ4n) is 0.563. The highest BCUT2D eigenvalue weighted by molar-refractivity contribution is 5.04. The van der Waals surface area contributed by atoms with Crippen LogP contribution in [0.3, 0.4) is 0 Å². The van der Waals surface area contributed by atoms with Gasteiger partial charge in [0.15, 0.2) is 0 Å². The quantitative estimate of drug-likeness (QED) is 0.646. The van der Waals surface area contributed by atoms with Gasteiger partial charge < -0.3 is 4.74 Å². The van der Waals surface area contributed by atoms with E-state index in [-0.39, 0.29) is 6.10 Å². The van der Waals surface area contributed by atoms with E-state index in [9.17, 15) is 0 Å². The predicted octanol–water partition coefficient (Wildman–Crippen LogP) is 1.20. The first kappa shape index (κ1) is 6.13. The maximum atomic E-state index is 5.24. The molecular formula is C6H10N2O. The SMILES string of the molecule is CC(C)Oc1ccn[nH]1. The molecule has 9 heavy (non-hydrogen) atoms. The molecule has 0 bridgehead atoms. The van der Waals surface area contributed by atoms with Crippen LogP contribution in [0.4, 0.5) is 0 Å². The molecule has 0 aromatic carbocycles. The molecule has 0 fully saturated rings. The summed E-state index contributed by atoms with van der Waals surface area (Å²) in [5.74, 6) is 0.727. The van der Waals surface area contributed by atoms with Gasteiger partial charge in [0.05, 0.1) is 12.3 Å². The van der Waals surface area contributed by atoms with E-state index in [2.05, 4.69) is 10.2 Å². The monoisotopic (exact) mass is 126 g/mol. The van der Waals surface area contributed by atoms with E-state index in [1.807, 2.05) is 13.8 Å². The second kappa shape index (κ2) is 2.53. The molecule has 0 spiro atoms. The predicted molar refractivity (Wildman–Crippen MR) is 34.4 cm³/mol. The summed E-state index contributed by atoms with van der Waals surface area (Å²) in [5.41, 5.74) is 0. The standard InChI is InChI=1S/C6H10N2O/c1-5(2)9-6-3-4-7-8-6/h3-5H,1-2H3,(H,7,8). The summed E-state index contributed by atoms with van der Waals surface area (Å²) in [7, 11) is 0. The van der Waals surface area contributed by atoms with Crippen LogP contribution in [0.15, 0.2) is 12.3 Å². The third kappa shape index (κ3) is 1.76. The third-order valence-corrected chi connectivity index (χ3v) is 0.838. The number of nitrogens with one attached hydrogen (secondary N) is 1. The number of rotatable bonds is 2. The second-order valence-electron chi connectivity index (χ2n) is 2.09. The molecule has 0 aliphatic heterocycles. The lowest BCUT2D eigenvalue weighted by atomic mass is 10.5. The number of nitrogens with zero attached hydrogens (tertiary/aromatic N) is 1. The van der Waals surface area contributed by atoms with Gasteiger partial charge in [-0.05, 0) is 13.8 Å². The van der Waals surface area contributed by atoms with Crippen LogP contribution in [0.5, 0.6) is 5.88 Å². The molecule has 1 heterocycles. The molecule has 3 nitrogen and oxygen atoms in total. The molecule has 50 valence electrons. The lowest BCUT2D eigenvalue weighted by Crippen LogP contribution is -2.05. The number of aromatic amines is 1. The van der Waals surface area contributed by atoms with E-state index < -0.39 is 0 Å². The number of ether oxygens (including phenoxy) is 1. The third-order valence-electron chi connectivity index (χ3n) is 0.838. The van der Waals surface area contributed by atoms with E-state index >= 15 is 0 Å². The van der Waals surface area contributed by atoms with Gasteiger partial charge in [-0.15, -0.1) is 0 Å². The molecule has 0 aliphatic carbocycles. The largest absolute Gasteiger partial charge is 0.475 e. The van der Waals surface area contributed by atoms with Crippen molar-refractivity contribution in [1.82, 2.24) is 10.2 Å². The van der Waals surface area contributed by atoms with Gasteiger partial charge in [0.1, 0.15) is 0 Å². The van der Waals surface area contributed by atoms with Crippen molar-refractivity contribution in [3.8, 4) is 5.88 Å². The zero-order chi connectivity index (χ0) is 6.69. The minimum atomic E-state index is 0.213. The number of hydrogen-bond donors (Lipinski definition) is 1. The molecule has 0 atom stereocenters. The minimum Gasteiger partial charge on any atom is -0.475 e. The van der Waals surface area contributed by atoms with Crippen molar-refractivity contribution in [2.75, 3.05) is 0 Å².